The van der Waals surface area contributed by atoms with Crippen LogP contribution in [-0.2, 0) is 17.8 Å². The van der Waals surface area contributed by atoms with Crippen molar-refractivity contribution < 1.29 is 9.59 Å². The second-order valence-electron chi connectivity index (χ2n) is 7.66. The van der Waals surface area contributed by atoms with Crippen LogP contribution in [0.3, 0.4) is 0 Å². The fourth-order valence-corrected chi connectivity index (χ4v) is 4.15. The number of amides is 2. The van der Waals surface area contributed by atoms with Crippen molar-refractivity contribution in [2.24, 2.45) is 0 Å². The summed E-state index contributed by atoms with van der Waals surface area (Å²) in [4.78, 5) is 48.1. The summed E-state index contributed by atoms with van der Waals surface area (Å²) in [6.07, 6.45) is 1.49. The molecule has 2 amide bonds. The van der Waals surface area contributed by atoms with E-state index in [4.69, 9.17) is 11.6 Å². The Morgan fingerprint density at radius 3 is 2.77 bits per heavy atom. The van der Waals surface area contributed by atoms with Gasteiger partial charge in [-0.3, -0.25) is 14.4 Å². The highest BCUT2D eigenvalue weighted by atomic mass is 35.5. The van der Waals surface area contributed by atoms with Crippen molar-refractivity contribution in [1.82, 2.24) is 14.9 Å². The van der Waals surface area contributed by atoms with Crippen LogP contribution < -0.4 is 10.5 Å². The first-order valence-electron chi connectivity index (χ1n) is 10.3. The van der Waals surface area contributed by atoms with E-state index in [9.17, 15) is 14.4 Å². The molecule has 0 spiro atoms. The lowest BCUT2D eigenvalue weighted by Crippen LogP contribution is -2.33. The van der Waals surface area contributed by atoms with Crippen LogP contribution in [-0.4, -0.2) is 39.8 Å². The fourth-order valence-electron chi connectivity index (χ4n) is 3.98. The summed E-state index contributed by atoms with van der Waals surface area (Å²) < 4.78 is 0. The predicted octanol–water partition coefficient (Wildman–Crippen LogP) is 3.54. The van der Waals surface area contributed by atoms with E-state index in [0.29, 0.717) is 40.4 Å². The zero-order valence-corrected chi connectivity index (χ0v) is 18.2. The van der Waals surface area contributed by atoms with Gasteiger partial charge in [-0.05, 0) is 54.8 Å². The molecule has 1 aromatic heterocycles. The average molecular weight is 439 g/mol. The lowest BCUT2D eigenvalue weighted by Gasteiger charge is -2.22. The van der Waals surface area contributed by atoms with Crippen molar-refractivity contribution in [2.75, 3.05) is 18.0 Å². The van der Waals surface area contributed by atoms with E-state index in [1.54, 1.807) is 41.0 Å². The third kappa shape index (κ3) is 4.18. The quantitative estimate of drug-likeness (QED) is 0.660. The number of fused-ring (bicyclic) bond motifs is 2. The molecule has 0 fully saturated rings. The number of rotatable bonds is 5. The molecule has 2 aromatic carbocycles. The zero-order valence-electron chi connectivity index (χ0n) is 17.4. The van der Waals surface area contributed by atoms with Gasteiger partial charge in [-0.2, -0.15) is 0 Å². The highest BCUT2D eigenvalue weighted by molar-refractivity contribution is 6.31. The third-order valence-electron chi connectivity index (χ3n) is 5.44. The highest BCUT2D eigenvalue weighted by Gasteiger charge is 2.24. The lowest BCUT2D eigenvalue weighted by molar-refractivity contribution is -0.116. The summed E-state index contributed by atoms with van der Waals surface area (Å²) >= 11 is 6.04. The van der Waals surface area contributed by atoms with E-state index < -0.39 is 0 Å². The second-order valence-corrected chi connectivity index (χ2v) is 8.10. The van der Waals surface area contributed by atoms with E-state index >= 15 is 0 Å². The van der Waals surface area contributed by atoms with Crippen molar-refractivity contribution in [3.05, 3.63) is 68.7 Å². The van der Waals surface area contributed by atoms with Crippen LogP contribution in [0.1, 0.15) is 42.0 Å². The molecule has 8 heteroatoms. The van der Waals surface area contributed by atoms with Gasteiger partial charge >= 0.3 is 0 Å². The SMILES string of the molecule is CCCN(Cc1nc2cc(Cl)ccc2c(=O)[nH]1)C(=O)c1ccc2c(c1)CCN2C(C)=O. The van der Waals surface area contributed by atoms with Crippen molar-refractivity contribution >= 4 is 40.0 Å². The first kappa shape index (κ1) is 21.1. The standard InChI is InChI=1S/C23H23ClN4O3/c1-3-9-27(13-21-25-19-12-17(24)5-6-18(19)22(30)26-21)23(31)16-4-7-20-15(11-16)8-10-28(20)14(2)29/h4-7,11-12H,3,8-10,13H2,1-2H3,(H,25,26,30). The summed E-state index contributed by atoms with van der Waals surface area (Å²) in [5, 5.41) is 0.950. The van der Waals surface area contributed by atoms with Gasteiger partial charge in [-0.15, -0.1) is 0 Å². The number of anilines is 1. The number of benzene rings is 2. The molecule has 0 atom stereocenters. The van der Waals surface area contributed by atoms with Crippen LogP contribution in [0.2, 0.25) is 5.02 Å². The molecule has 0 saturated heterocycles. The second kappa shape index (κ2) is 8.51. The zero-order chi connectivity index (χ0) is 22.1. The minimum absolute atomic E-state index is 0.00290. The average Bonchev–Trinajstić information content (AvgIpc) is 3.16. The Balaban J connectivity index is 1.62. The number of H-pyrrole nitrogens is 1. The first-order chi connectivity index (χ1) is 14.9. The summed E-state index contributed by atoms with van der Waals surface area (Å²) in [7, 11) is 0. The Bertz CT molecular complexity index is 1240. The summed E-state index contributed by atoms with van der Waals surface area (Å²) in [6.45, 7) is 4.87. The largest absolute Gasteiger partial charge is 0.331 e. The Morgan fingerprint density at radius 1 is 1.23 bits per heavy atom. The number of carbonyl (C=O) groups is 2. The van der Waals surface area contributed by atoms with Crippen molar-refractivity contribution in [3.8, 4) is 0 Å². The van der Waals surface area contributed by atoms with Gasteiger partial charge in [0.25, 0.3) is 11.5 Å². The number of aromatic amines is 1. The number of nitrogens with one attached hydrogen (secondary N) is 1. The summed E-state index contributed by atoms with van der Waals surface area (Å²) in [5.74, 6) is 0.266. The van der Waals surface area contributed by atoms with Crippen LogP contribution >= 0.6 is 11.6 Å². The molecule has 0 bridgehead atoms. The number of halogens is 1. The van der Waals surface area contributed by atoms with Crippen molar-refractivity contribution in [1.29, 1.82) is 0 Å². The van der Waals surface area contributed by atoms with E-state index in [0.717, 1.165) is 24.1 Å². The smallest absolute Gasteiger partial charge is 0.258 e. The number of aromatic nitrogens is 2. The maximum absolute atomic E-state index is 13.3. The monoisotopic (exact) mass is 438 g/mol. The molecule has 7 nitrogen and oxygen atoms in total. The minimum Gasteiger partial charge on any atom is -0.331 e. The number of carbonyl (C=O) groups excluding carboxylic acids is 2. The van der Waals surface area contributed by atoms with Gasteiger partial charge < -0.3 is 14.8 Å². The highest BCUT2D eigenvalue weighted by Crippen LogP contribution is 2.29. The molecular formula is C23H23ClN4O3. The Labute approximate surface area is 184 Å². The van der Waals surface area contributed by atoms with Gasteiger partial charge in [0.05, 0.1) is 17.4 Å². The molecule has 160 valence electrons. The Morgan fingerprint density at radius 2 is 2.03 bits per heavy atom. The molecular weight excluding hydrogens is 416 g/mol. The molecule has 2 heterocycles. The third-order valence-corrected chi connectivity index (χ3v) is 5.68. The first-order valence-corrected chi connectivity index (χ1v) is 10.6. The maximum atomic E-state index is 13.3. The summed E-state index contributed by atoms with van der Waals surface area (Å²) in [6, 6.07) is 10.4. The van der Waals surface area contributed by atoms with E-state index in [2.05, 4.69) is 9.97 Å². The van der Waals surface area contributed by atoms with Crippen LogP contribution in [0.4, 0.5) is 5.69 Å². The number of nitrogens with zero attached hydrogens (tertiary/aromatic N) is 3. The van der Waals surface area contributed by atoms with E-state index in [-0.39, 0.29) is 23.9 Å². The Hall–Kier alpha value is -3.19. The number of hydrogen-bond donors (Lipinski definition) is 1. The topological polar surface area (TPSA) is 86.4 Å². The van der Waals surface area contributed by atoms with Gasteiger partial charge in [0, 0.05) is 36.3 Å². The fraction of sp³-hybridized carbons (Fsp3) is 0.304. The predicted molar refractivity (Wildman–Crippen MR) is 121 cm³/mol. The van der Waals surface area contributed by atoms with Gasteiger partial charge in [0.1, 0.15) is 5.82 Å². The molecule has 0 radical (unpaired) electrons. The molecule has 1 aliphatic rings. The van der Waals surface area contributed by atoms with Gasteiger partial charge in [0.15, 0.2) is 0 Å². The molecule has 31 heavy (non-hydrogen) atoms. The van der Waals surface area contributed by atoms with Crippen molar-refractivity contribution in [2.45, 2.75) is 33.2 Å². The lowest BCUT2D eigenvalue weighted by atomic mass is 10.1. The van der Waals surface area contributed by atoms with Crippen molar-refractivity contribution in [3.63, 3.8) is 0 Å². The molecule has 1 N–H and O–H groups in total. The van der Waals surface area contributed by atoms with Gasteiger partial charge in [-0.1, -0.05) is 18.5 Å². The minimum atomic E-state index is -0.262. The Kier molecular flexibility index (Phi) is 5.78. The molecule has 0 saturated carbocycles. The van der Waals surface area contributed by atoms with Gasteiger partial charge in [-0.25, -0.2) is 4.98 Å². The molecule has 4 rings (SSSR count). The van der Waals surface area contributed by atoms with Crippen LogP contribution in [0.5, 0.6) is 0 Å². The molecule has 1 aliphatic heterocycles. The number of hydrogen-bond acceptors (Lipinski definition) is 4. The van der Waals surface area contributed by atoms with E-state index in [1.807, 2.05) is 19.1 Å². The van der Waals surface area contributed by atoms with E-state index in [1.165, 1.54) is 0 Å². The normalized spacial score (nSPS) is 12.8. The summed E-state index contributed by atoms with van der Waals surface area (Å²) in [5.41, 5.74) is 2.65. The molecule has 0 aliphatic carbocycles. The van der Waals surface area contributed by atoms with Crippen LogP contribution in [0.25, 0.3) is 10.9 Å². The van der Waals surface area contributed by atoms with Crippen LogP contribution in [0, 0.1) is 0 Å². The molecule has 3 aromatic rings. The van der Waals surface area contributed by atoms with Crippen LogP contribution in [0.15, 0.2) is 41.2 Å². The van der Waals surface area contributed by atoms with Gasteiger partial charge in [0.2, 0.25) is 5.91 Å². The maximum Gasteiger partial charge on any atom is 0.258 e. The molecule has 0 unspecified atom stereocenters.